The lowest BCUT2D eigenvalue weighted by atomic mass is 10.1. The number of primary sulfonamides is 1. The summed E-state index contributed by atoms with van der Waals surface area (Å²) in [6, 6.07) is 11.0. The Morgan fingerprint density at radius 2 is 1.84 bits per heavy atom. The van der Waals surface area contributed by atoms with Crippen molar-refractivity contribution >= 4 is 38.6 Å². The number of amides is 1. The first kappa shape index (κ1) is 20.2. The molecule has 7 nitrogen and oxygen atoms in total. The highest BCUT2D eigenvalue weighted by Gasteiger charge is 2.29. The summed E-state index contributed by atoms with van der Waals surface area (Å²) in [6.45, 7) is 3.64. The Bertz CT molecular complexity index is 1300. The number of benzene rings is 2. The van der Waals surface area contributed by atoms with Crippen LogP contribution in [0.1, 0.15) is 16.1 Å². The van der Waals surface area contributed by atoms with E-state index < -0.39 is 10.0 Å². The van der Waals surface area contributed by atoms with E-state index in [0.29, 0.717) is 19.5 Å². The van der Waals surface area contributed by atoms with Crippen molar-refractivity contribution in [1.82, 2.24) is 4.98 Å². The molecule has 0 saturated heterocycles. The predicted molar refractivity (Wildman–Crippen MR) is 122 cm³/mol. The van der Waals surface area contributed by atoms with Crippen LogP contribution in [0.15, 0.2) is 46.7 Å². The minimum absolute atomic E-state index is 0.00848. The zero-order valence-electron chi connectivity index (χ0n) is 17.0. The molecule has 3 heterocycles. The molecule has 0 atom stereocenters. The molecule has 5 rings (SSSR count). The van der Waals surface area contributed by atoms with E-state index in [4.69, 9.17) is 5.14 Å². The van der Waals surface area contributed by atoms with Crippen molar-refractivity contribution in [3.05, 3.63) is 57.9 Å². The molecule has 0 aliphatic carbocycles. The highest BCUT2D eigenvalue weighted by Crippen LogP contribution is 2.34. The fraction of sp³-hybridized carbons (Fsp3) is 0.273. The first-order chi connectivity index (χ1) is 14.8. The lowest BCUT2D eigenvalue weighted by Gasteiger charge is -2.24. The van der Waals surface area contributed by atoms with E-state index in [1.807, 2.05) is 6.92 Å². The second-order valence-electron chi connectivity index (χ2n) is 7.90. The average molecular weight is 455 g/mol. The molecule has 0 saturated carbocycles. The van der Waals surface area contributed by atoms with Gasteiger partial charge in [-0.25, -0.2) is 18.5 Å². The zero-order valence-corrected chi connectivity index (χ0v) is 18.7. The van der Waals surface area contributed by atoms with Gasteiger partial charge in [-0.05, 0) is 61.2 Å². The minimum Gasteiger partial charge on any atom is -0.362 e. The fourth-order valence-corrected chi connectivity index (χ4v) is 5.54. The van der Waals surface area contributed by atoms with E-state index in [-0.39, 0.29) is 10.8 Å². The number of rotatable bonds is 4. The van der Waals surface area contributed by atoms with Gasteiger partial charge in [-0.2, -0.15) is 0 Å². The van der Waals surface area contributed by atoms with Gasteiger partial charge in [-0.3, -0.25) is 4.79 Å². The average Bonchev–Trinajstić information content (AvgIpc) is 3.45. The number of carbonyl (C=O) groups excluding carboxylic acids is 1. The van der Waals surface area contributed by atoms with E-state index in [1.165, 1.54) is 11.6 Å². The molecule has 0 unspecified atom stereocenters. The lowest BCUT2D eigenvalue weighted by molar-refractivity contribution is -0.117. The number of aromatic nitrogens is 1. The Morgan fingerprint density at radius 3 is 2.58 bits per heavy atom. The van der Waals surface area contributed by atoms with E-state index >= 15 is 0 Å². The first-order valence-electron chi connectivity index (χ1n) is 10.1. The summed E-state index contributed by atoms with van der Waals surface area (Å²) in [6.07, 6.45) is 1.52. The third kappa shape index (κ3) is 3.73. The van der Waals surface area contributed by atoms with Crippen LogP contribution in [0.4, 0.5) is 11.4 Å². The van der Waals surface area contributed by atoms with Gasteiger partial charge in [-0.15, -0.1) is 11.3 Å². The Labute approximate surface area is 185 Å². The molecule has 0 spiro atoms. The number of nitrogens with zero attached hydrogens (tertiary/aromatic N) is 3. The molecule has 1 amide bonds. The van der Waals surface area contributed by atoms with Crippen molar-refractivity contribution in [3.8, 4) is 11.3 Å². The lowest BCUT2D eigenvalue weighted by Crippen LogP contribution is -2.39. The van der Waals surface area contributed by atoms with Crippen LogP contribution in [-0.2, 0) is 27.7 Å². The zero-order chi connectivity index (χ0) is 21.8. The maximum atomic E-state index is 13.1. The maximum Gasteiger partial charge on any atom is 0.246 e. The molecule has 160 valence electrons. The molecular formula is C22H22N4O3S2. The third-order valence-corrected chi connectivity index (χ3v) is 7.57. The van der Waals surface area contributed by atoms with E-state index in [0.717, 1.165) is 46.2 Å². The quantitative estimate of drug-likeness (QED) is 0.654. The van der Waals surface area contributed by atoms with Crippen LogP contribution < -0.4 is 14.9 Å². The summed E-state index contributed by atoms with van der Waals surface area (Å²) in [7, 11) is -3.75. The van der Waals surface area contributed by atoms with Crippen LogP contribution in [0.2, 0.25) is 0 Å². The van der Waals surface area contributed by atoms with E-state index in [2.05, 4.69) is 33.5 Å². The van der Waals surface area contributed by atoms with Crippen molar-refractivity contribution in [2.45, 2.75) is 24.7 Å². The summed E-state index contributed by atoms with van der Waals surface area (Å²) < 4.78 is 23.2. The van der Waals surface area contributed by atoms with Crippen LogP contribution in [0.25, 0.3) is 11.3 Å². The molecule has 0 fully saturated rings. The SMILES string of the molecule is Cc1nc(-c2ccc3c(c2)CCN3CC(=O)N2CCc3cc(S(N)(=O)=O)ccc32)cs1. The molecule has 2 aliphatic heterocycles. The molecule has 3 aromatic rings. The molecule has 9 heteroatoms. The van der Waals surface area contributed by atoms with Crippen molar-refractivity contribution in [3.63, 3.8) is 0 Å². The van der Waals surface area contributed by atoms with Gasteiger partial charge in [0.05, 0.1) is 22.1 Å². The molecule has 1 aromatic heterocycles. The number of nitrogens with two attached hydrogens (primary N) is 1. The summed E-state index contributed by atoms with van der Waals surface area (Å²) in [5.41, 5.74) is 6.03. The molecule has 2 N–H and O–H groups in total. The van der Waals surface area contributed by atoms with Crippen molar-refractivity contribution < 1.29 is 13.2 Å². The highest BCUT2D eigenvalue weighted by atomic mass is 32.2. The van der Waals surface area contributed by atoms with Gasteiger partial charge in [0.2, 0.25) is 15.9 Å². The fourth-order valence-electron chi connectivity index (χ4n) is 4.35. The van der Waals surface area contributed by atoms with Crippen LogP contribution >= 0.6 is 11.3 Å². The Balaban J connectivity index is 1.33. The Kier molecular flexibility index (Phi) is 4.84. The molecule has 0 radical (unpaired) electrons. The first-order valence-corrected chi connectivity index (χ1v) is 12.5. The van der Waals surface area contributed by atoms with Crippen LogP contribution in [0.3, 0.4) is 0 Å². The predicted octanol–water partition coefficient (Wildman–Crippen LogP) is 2.72. The van der Waals surface area contributed by atoms with Crippen LogP contribution in [0, 0.1) is 6.92 Å². The topological polar surface area (TPSA) is 96.6 Å². The van der Waals surface area contributed by atoms with Gasteiger partial charge in [0.25, 0.3) is 0 Å². The van der Waals surface area contributed by atoms with Crippen molar-refractivity contribution in [1.29, 1.82) is 0 Å². The maximum absolute atomic E-state index is 13.1. The second-order valence-corrected chi connectivity index (χ2v) is 10.5. The van der Waals surface area contributed by atoms with Crippen LogP contribution in [-0.4, -0.2) is 38.9 Å². The largest absolute Gasteiger partial charge is 0.362 e. The van der Waals surface area contributed by atoms with Gasteiger partial charge in [-0.1, -0.05) is 6.07 Å². The van der Waals surface area contributed by atoms with E-state index in [9.17, 15) is 13.2 Å². The minimum atomic E-state index is -3.75. The number of sulfonamides is 1. The molecule has 2 aromatic carbocycles. The van der Waals surface area contributed by atoms with E-state index in [1.54, 1.807) is 28.4 Å². The van der Waals surface area contributed by atoms with Gasteiger partial charge < -0.3 is 9.80 Å². The van der Waals surface area contributed by atoms with Crippen molar-refractivity contribution in [2.24, 2.45) is 5.14 Å². The molecule has 2 aliphatic rings. The third-order valence-electron chi connectivity index (χ3n) is 5.89. The summed E-state index contributed by atoms with van der Waals surface area (Å²) in [5, 5.41) is 8.34. The number of anilines is 2. The smallest absolute Gasteiger partial charge is 0.246 e. The van der Waals surface area contributed by atoms with Crippen LogP contribution in [0.5, 0.6) is 0 Å². The van der Waals surface area contributed by atoms with Gasteiger partial charge >= 0.3 is 0 Å². The number of fused-ring (bicyclic) bond motifs is 2. The number of aryl methyl sites for hydroxylation is 1. The monoisotopic (exact) mass is 454 g/mol. The Morgan fingerprint density at radius 1 is 1.10 bits per heavy atom. The van der Waals surface area contributed by atoms with Gasteiger partial charge in [0, 0.05) is 35.4 Å². The molecule has 31 heavy (non-hydrogen) atoms. The summed E-state index contributed by atoms with van der Waals surface area (Å²) in [5.74, 6) is 0.00848. The van der Waals surface area contributed by atoms with Gasteiger partial charge in [0.1, 0.15) is 0 Å². The second kappa shape index (κ2) is 7.44. The standard InChI is InChI=1S/C22H22N4O3S2/c1-14-24-19(13-30-14)15-2-4-20-16(10-15)6-8-25(20)12-22(27)26-9-7-17-11-18(31(23,28)29)3-5-21(17)26/h2-5,10-11,13H,6-9,12H2,1H3,(H2,23,28,29). The number of carbonyl (C=O) groups is 1. The number of hydrogen-bond acceptors (Lipinski definition) is 6. The molecular weight excluding hydrogens is 432 g/mol. The number of hydrogen-bond donors (Lipinski definition) is 1. The summed E-state index contributed by atoms with van der Waals surface area (Å²) >= 11 is 1.64. The Hall–Kier alpha value is -2.75. The van der Waals surface area contributed by atoms with Crippen molar-refractivity contribution in [2.75, 3.05) is 29.4 Å². The normalized spacial score (nSPS) is 15.3. The molecule has 0 bridgehead atoms. The highest BCUT2D eigenvalue weighted by molar-refractivity contribution is 7.89. The van der Waals surface area contributed by atoms with Gasteiger partial charge in [0.15, 0.2) is 0 Å². The summed E-state index contributed by atoms with van der Waals surface area (Å²) in [4.78, 5) is 21.6. The number of thiazole rings is 1.